The lowest BCUT2D eigenvalue weighted by Gasteiger charge is -2.31. The maximum Gasteiger partial charge on any atom is 0.286 e. The molecule has 13 nitrogen and oxygen atoms in total. The van der Waals surface area contributed by atoms with Crippen molar-refractivity contribution in [1.29, 1.82) is 0 Å². The van der Waals surface area contributed by atoms with Crippen LogP contribution in [-0.4, -0.2) is 107 Å². The van der Waals surface area contributed by atoms with Crippen molar-refractivity contribution in [2.24, 2.45) is 7.05 Å². The average Bonchev–Trinajstić information content (AvgIpc) is 3.67. The first-order chi connectivity index (χ1) is 22.5. The largest absolute Gasteiger partial charge is 0.493 e. The Labute approximate surface area is 285 Å². The second-order valence-corrected chi connectivity index (χ2v) is 14.5. The van der Waals surface area contributed by atoms with Gasteiger partial charge in [0.15, 0.2) is 11.5 Å². The Morgan fingerprint density at radius 1 is 1.13 bits per heavy atom. The van der Waals surface area contributed by atoms with E-state index in [1.165, 1.54) is 19.2 Å². The fraction of sp³-hybridized carbons (Fsp3) is 0.594. The highest BCUT2D eigenvalue weighted by atomic mass is 32.2. The van der Waals surface area contributed by atoms with Gasteiger partial charge in [0.25, 0.3) is 17.5 Å². The summed E-state index contributed by atoms with van der Waals surface area (Å²) < 4.78 is 13.1. The first-order valence-corrected chi connectivity index (χ1v) is 18.0. The van der Waals surface area contributed by atoms with Crippen molar-refractivity contribution in [3.63, 3.8) is 0 Å². The van der Waals surface area contributed by atoms with E-state index in [0.717, 1.165) is 37.3 Å². The molecule has 1 saturated heterocycles. The maximum absolute atomic E-state index is 13.7. The van der Waals surface area contributed by atoms with E-state index in [9.17, 15) is 24.5 Å². The second kappa shape index (κ2) is 18.8. The first kappa shape index (κ1) is 38.0. The quantitative estimate of drug-likeness (QED) is 0.0906. The number of hydrogen-bond donors (Lipinski definition) is 2. The highest BCUT2D eigenvalue weighted by Crippen LogP contribution is 2.39. The predicted molar refractivity (Wildman–Crippen MR) is 188 cm³/mol. The Kier molecular flexibility index (Phi) is 15.2. The van der Waals surface area contributed by atoms with E-state index in [0.29, 0.717) is 30.9 Å². The number of hydrogen-bond acceptors (Lipinski definition) is 10. The summed E-state index contributed by atoms with van der Waals surface area (Å²) in [5, 5.41) is 17.8. The summed E-state index contributed by atoms with van der Waals surface area (Å²) in [4.78, 5) is 54.2. The van der Waals surface area contributed by atoms with Gasteiger partial charge in [-0.25, -0.2) is 0 Å². The minimum atomic E-state index is -0.574. The number of methoxy groups -OCH3 is 1. The minimum absolute atomic E-state index is 0.0113. The molecule has 1 aliphatic heterocycles. The van der Waals surface area contributed by atoms with Gasteiger partial charge in [-0.05, 0) is 63.9 Å². The fourth-order valence-electron chi connectivity index (χ4n) is 5.41. The number of carbonyl (C=O) groups is 3. The fourth-order valence-corrected chi connectivity index (χ4v) is 8.28. The normalized spacial score (nSPS) is 14.5. The van der Waals surface area contributed by atoms with Crippen LogP contribution in [0, 0.1) is 10.1 Å². The van der Waals surface area contributed by atoms with Crippen LogP contribution in [-0.2, 0) is 11.8 Å². The topological polar surface area (TPSA) is 148 Å². The summed E-state index contributed by atoms with van der Waals surface area (Å²) in [6.07, 6.45) is 4.63. The summed E-state index contributed by atoms with van der Waals surface area (Å²) in [6, 6.07) is 4.23. The van der Waals surface area contributed by atoms with Crippen LogP contribution >= 0.6 is 23.5 Å². The Bertz CT molecular complexity index is 1380. The number of ether oxygens (including phenoxy) is 2. The van der Waals surface area contributed by atoms with E-state index in [2.05, 4.69) is 24.5 Å². The van der Waals surface area contributed by atoms with Crippen LogP contribution in [0.5, 0.6) is 11.5 Å². The van der Waals surface area contributed by atoms with Crippen molar-refractivity contribution in [2.75, 3.05) is 64.3 Å². The van der Waals surface area contributed by atoms with Crippen LogP contribution < -0.4 is 20.1 Å². The number of nitro groups is 1. The van der Waals surface area contributed by atoms with Crippen molar-refractivity contribution >= 4 is 52.6 Å². The lowest BCUT2D eigenvalue weighted by molar-refractivity contribution is -0.385. The van der Waals surface area contributed by atoms with Crippen LogP contribution in [0.25, 0.3) is 0 Å². The predicted octanol–water partition coefficient (Wildman–Crippen LogP) is 4.86. The molecule has 3 rings (SSSR count). The molecule has 260 valence electrons. The van der Waals surface area contributed by atoms with Gasteiger partial charge in [0, 0.05) is 38.8 Å². The van der Waals surface area contributed by atoms with E-state index in [1.54, 1.807) is 52.3 Å². The zero-order valence-electron chi connectivity index (χ0n) is 28.2. The van der Waals surface area contributed by atoms with Gasteiger partial charge in [-0.15, -0.1) is 23.5 Å². The molecule has 47 heavy (non-hydrogen) atoms. The molecule has 0 bridgehead atoms. The summed E-state index contributed by atoms with van der Waals surface area (Å²) in [5.74, 6) is 1.30. The van der Waals surface area contributed by atoms with Crippen molar-refractivity contribution in [3.8, 4) is 11.5 Å². The molecule has 2 heterocycles. The number of nitro benzene ring substituents is 1. The lowest BCUT2D eigenvalue weighted by Crippen LogP contribution is -2.41. The molecule has 15 heteroatoms. The molecule has 1 fully saturated rings. The number of aromatic nitrogens is 1. The van der Waals surface area contributed by atoms with Gasteiger partial charge in [-0.3, -0.25) is 24.5 Å². The van der Waals surface area contributed by atoms with E-state index in [4.69, 9.17) is 9.47 Å². The maximum atomic E-state index is 13.7. The minimum Gasteiger partial charge on any atom is -0.493 e. The first-order valence-electron chi connectivity index (χ1n) is 15.9. The van der Waals surface area contributed by atoms with Crippen LogP contribution in [0.2, 0.25) is 0 Å². The van der Waals surface area contributed by atoms with Crippen LogP contribution in [0.1, 0.15) is 66.8 Å². The summed E-state index contributed by atoms with van der Waals surface area (Å²) in [5.41, 5.74) is 0.557. The van der Waals surface area contributed by atoms with Gasteiger partial charge in [0.05, 0.1) is 41.0 Å². The molecule has 2 aromatic rings. The third kappa shape index (κ3) is 10.8. The van der Waals surface area contributed by atoms with Crippen molar-refractivity contribution in [1.82, 2.24) is 19.7 Å². The Morgan fingerprint density at radius 3 is 2.49 bits per heavy atom. The van der Waals surface area contributed by atoms with Crippen molar-refractivity contribution in [2.45, 2.75) is 56.6 Å². The molecule has 0 aliphatic carbocycles. The molecule has 1 aliphatic rings. The molecule has 1 atom stereocenters. The van der Waals surface area contributed by atoms with Crippen LogP contribution in [0.4, 0.5) is 11.4 Å². The summed E-state index contributed by atoms with van der Waals surface area (Å²) in [7, 11) is 7.10. The van der Waals surface area contributed by atoms with Crippen molar-refractivity contribution in [3.05, 3.63) is 45.8 Å². The Balaban J connectivity index is 1.60. The molecule has 0 unspecified atom stereocenters. The number of carbonyl (C=O) groups excluding carboxylic acids is 3. The number of nitrogens with one attached hydrogen (secondary N) is 2. The molecular formula is C32H48N6O7S2. The van der Waals surface area contributed by atoms with Gasteiger partial charge in [-0.1, -0.05) is 13.8 Å². The Morgan fingerprint density at radius 2 is 1.85 bits per heavy atom. The van der Waals surface area contributed by atoms with Gasteiger partial charge in [-0.2, -0.15) is 0 Å². The van der Waals surface area contributed by atoms with Gasteiger partial charge in [0.1, 0.15) is 11.3 Å². The van der Waals surface area contributed by atoms with Gasteiger partial charge >= 0.3 is 0 Å². The highest BCUT2D eigenvalue weighted by Gasteiger charge is 2.38. The summed E-state index contributed by atoms with van der Waals surface area (Å²) in [6.45, 7) is 6.22. The average molecular weight is 693 g/mol. The zero-order valence-corrected chi connectivity index (χ0v) is 29.8. The SMILES string of the molecule is CCSC(SCC)[C@@H]1CCCN1C(=O)c1cc(OC)c(OCCCC(=O)Nc2cc(C(=O)NCCCN(C)C)n(C)c2)cc1[N+](=O)[O-]. The molecule has 0 radical (unpaired) electrons. The number of amides is 3. The monoisotopic (exact) mass is 692 g/mol. The number of rotatable bonds is 19. The molecule has 1 aromatic heterocycles. The second-order valence-electron chi connectivity index (χ2n) is 11.4. The highest BCUT2D eigenvalue weighted by molar-refractivity contribution is 8.17. The molecule has 1 aromatic carbocycles. The van der Waals surface area contributed by atoms with E-state index in [1.807, 2.05) is 19.0 Å². The van der Waals surface area contributed by atoms with E-state index >= 15 is 0 Å². The molecule has 0 spiro atoms. The number of aryl methyl sites for hydroxylation is 1. The lowest BCUT2D eigenvalue weighted by atomic mass is 10.1. The van der Waals surface area contributed by atoms with Gasteiger partial charge < -0.3 is 34.5 Å². The smallest absolute Gasteiger partial charge is 0.286 e. The van der Waals surface area contributed by atoms with E-state index in [-0.39, 0.29) is 64.1 Å². The number of benzene rings is 1. The van der Waals surface area contributed by atoms with Crippen LogP contribution in [0.15, 0.2) is 24.4 Å². The molecule has 0 saturated carbocycles. The van der Waals surface area contributed by atoms with E-state index < -0.39 is 4.92 Å². The Hall–Kier alpha value is -3.43. The number of nitrogens with zero attached hydrogens (tertiary/aromatic N) is 4. The molecular weight excluding hydrogens is 645 g/mol. The van der Waals surface area contributed by atoms with Crippen LogP contribution in [0.3, 0.4) is 0 Å². The zero-order chi connectivity index (χ0) is 34.5. The number of anilines is 1. The number of likely N-dealkylation sites (tertiary alicyclic amines) is 1. The summed E-state index contributed by atoms with van der Waals surface area (Å²) >= 11 is 3.60. The molecule has 2 N–H and O–H groups in total. The standard InChI is InChI=1S/C32H48N6O7S2/c1-7-46-32(47-8-2)24-12-9-16-37(24)31(41)23-19-27(44-6)28(20-25(23)38(42)43)45-17-10-13-29(39)34-22-18-26(36(5)21-22)30(40)33-14-11-15-35(3)4/h18-21,24,32H,7-17H2,1-6H3,(H,33,40)(H,34,39)/t24-/m0/s1. The number of thioether (sulfide) groups is 2. The third-order valence-electron chi connectivity index (χ3n) is 7.64. The van der Waals surface area contributed by atoms with Crippen molar-refractivity contribution < 1.29 is 28.8 Å². The van der Waals surface area contributed by atoms with Gasteiger partial charge in [0.2, 0.25) is 5.91 Å². The molecule has 3 amide bonds. The third-order valence-corrected chi connectivity index (χ3v) is 10.4.